The second kappa shape index (κ2) is 4.09. The average Bonchev–Trinajstić information content (AvgIpc) is 2.64. The van der Waals surface area contributed by atoms with Crippen molar-refractivity contribution in [3.63, 3.8) is 0 Å². The highest BCUT2D eigenvalue weighted by molar-refractivity contribution is 5.09. The van der Waals surface area contributed by atoms with Gasteiger partial charge in [0.1, 0.15) is 5.60 Å². The lowest BCUT2D eigenvalue weighted by atomic mass is 9.68. The summed E-state index contributed by atoms with van der Waals surface area (Å²) >= 11 is 0. The molecule has 0 radical (unpaired) electrons. The van der Waals surface area contributed by atoms with Crippen LogP contribution >= 0.6 is 0 Å². The molecule has 17 heavy (non-hydrogen) atoms. The zero-order chi connectivity index (χ0) is 12.7. The molecule has 1 aromatic heterocycles. The quantitative estimate of drug-likeness (QED) is 0.815. The van der Waals surface area contributed by atoms with Gasteiger partial charge in [-0.1, -0.05) is 26.0 Å². The topological polar surface area (TPSA) is 50.9 Å². The van der Waals surface area contributed by atoms with Crippen molar-refractivity contribution < 1.29 is 5.11 Å². The monoisotopic (exact) mass is 237 g/mol. The molecule has 1 aliphatic rings. The van der Waals surface area contributed by atoms with Crippen LogP contribution in [0.5, 0.6) is 0 Å². The van der Waals surface area contributed by atoms with Gasteiger partial charge in [-0.05, 0) is 37.0 Å². The summed E-state index contributed by atoms with van der Waals surface area (Å²) in [6, 6.07) is 0. The summed E-state index contributed by atoms with van der Waals surface area (Å²) in [6.45, 7) is 6.86. The largest absolute Gasteiger partial charge is 0.384 e. The Labute approximate surface area is 103 Å². The summed E-state index contributed by atoms with van der Waals surface area (Å²) in [5.74, 6) is 0.698. The Morgan fingerprint density at radius 3 is 2.35 bits per heavy atom. The molecule has 0 unspecified atom stereocenters. The fraction of sp³-hybridized carbons (Fsp3) is 0.846. The van der Waals surface area contributed by atoms with Crippen molar-refractivity contribution in [3.8, 4) is 0 Å². The Morgan fingerprint density at radius 1 is 1.35 bits per heavy atom. The molecule has 1 fully saturated rings. The van der Waals surface area contributed by atoms with Crippen LogP contribution in [0.25, 0.3) is 0 Å². The van der Waals surface area contributed by atoms with Crippen molar-refractivity contribution in [2.45, 2.75) is 52.1 Å². The molecule has 1 saturated carbocycles. The van der Waals surface area contributed by atoms with Gasteiger partial charge in [-0.2, -0.15) is 0 Å². The molecular weight excluding hydrogens is 214 g/mol. The summed E-state index contributed by atoms with van der Waals surface area (Å²) in [4.78, 5) is 0. The van der Waals surface area contributed by atoms with Crippen molar-refractivity contribution in [1.82, 2.24) is 15.0 Å². The van der Waals surface area contributed by atoms with E-state index in [0.29, 0.717) is 11.3 Å². The molecule has 0 aliphatic heterocycles. The van der Waals surface area contributed by atoms with E-state index in [0.717, 1.165) is 31.4 Å². The van der Waals surface area contributed by atoms with Gasteiger partial charge in [0.15, 0.2) is 0 Å². The highest BCUT2D eigenvalue weighted by Gasteiger charge is 2.40. The predicted molar refractivity (Wildman–Crippen MR) is 66.3 cm³/mol. The van der Waals surface area contributed by atoms with Crippen LogP contribution in [0.4, 0.5) is 0 Å². The molecule has 0 saturated heterocycles. The summed E-state index contributed by atoms with van der Waals surface area (Å²) in [7, 11) is 1.84. The first kappa shape index (κ1) is 12.6. The van der Waals surface area contributed by atoms with E-state index in [1.165, 1.54) is 0 Å². The minimum Gasteiger partial charge on any atom is -0.384 e. The van der Waals surface area contributed by atoms with Crippen LogP contribution in [0.1, 0.15) is 52.1 Å². The Morgan fingerprint density at radius 2 is 1.94 bits per heavy atom. The van der Waals surface area contributed by atoms with Crippen LogP contribution < -0.4 is 0 Å². The van der Waals surface area contributed by atoms with Gasteiger partial charge in [0.05, 0.1) is 11.9 Å². The number of hydrogen-bond donors (Lipinski definition) is 1. The SMILES string of the molecule is Cn1nncc1C1(O)CCC(C(C)(C)C)CC1. The lowest BCUT2D eigenvalue weighted by Crippen LogP contribution is -2.36. The number of aryl methyl sites for hydroxylation is 1. The maximum Gasteiger partial charge on any atom is 0.108 e. The third kappa shape index (κ3) is 2.37. The number of rotatable bonds is 1. The number of aromatic nitrogens is 3. The zero-order valence-electron chi connectivity index (χ0n) is 11.3. The Balaban J connectivity index is 2.11. The second-order valence-electron chi connectivity index (χ2n) is 6.41. The van der Waals surface area contributed by atoms with Crippen molar-refractivity contribution in [1.29, 1.82) is 0 Å². The molecule has 0 aromatic carbocycles. The predicted octanol–water partition coefficient (Wildman–Crippen LogP) is 2.24. The van der Waals surface area contributed by atoms with E-state index < -0.39 is 5.60 Å². The Bertz CT molecular complexity index is 384. The van der Waals surface area contributed by atoms with E-state index >= 15 is 0 Å². The van der Waals surface area contributed by atoms with Crippen molar-refractivity contribution in [2.24, 2.45) is 18.4 Å². The number of nitrogens with zero attached hydrogens (tertiary/aromatic N) is 3. The van der Waals surface area contributed by atoms with Crippen LogP contribution in [0.3, 0.4) is 0 Å². The fourth-order valence-corrected chi connectivity index (χ4v) is 2.93. The van der Waals surface area contributed by atoms with E-state index in [4.69, 9.17) is 0 Å². The summed E-state index contributed by atoms with van der Waals surface area (Å²) in [5.41, 5.74) is 0.469. The van der Waals surface area contributed by atoms with E-state index in [-0.39, 0.29) is 0 Å². The Hall–Kier alpha value is -0.900. The van der Waals surface area contributed by atoms with E-state index in [2.05, 4.69) is 31.1 Å². The molecule has 0 amide bonds. The molecule has 4 nitrogen and oxygen atoms in total. The Kier molecular flexibility index (Phi) is 3.02. The lowest BCUT2D eigenvalue weighted by molar-refractivity contribution is -0.0357. The lowest BCUT2D eigenvalue weighted by Gasteiger charge is -2.41. The highest BCUT2D eigenvalue weighted by Crippen LogP contribution is 2.44. The van der Waals surface area contributed by atoms with Gasteiger partial charge < -0.3 is 5.11 Å². The van der Waals surface area contributed by atoms with Crippen LogP contribution in [0.15, 0.2) is 6.20 Å². The fourth-order valence-electron chi connectivity index (χ4n) is 2.93. The zero-order valence-corrected chi connectivity index (χ0v) is 11.3. The van der Waals surface area contributed by atoms with Gasteiger partial charge in [-0.3, -0.25) is 0 Å². The van der Waals surface area contributed by atoms with Gasteiger partial charge >= 0.3 is 0 Å². The van der Waals surface area contributed by atoms with Gasteiger partial charge in [0.25, 0.3) is 0 Å². The van der Waals surface area contributed by atoms with E-state index in [1.54, 1.807) is 10.9 Å². The standard InChI is InChI=1S/C13H23N3O/c1-12(2,3)10-5-7-13(17,8-6-10)11-9-14-15-16(11)4/h9-10,17H,5-8H2,1-4H3. The van der Waals surface area contributed by atoms with Crippen LogP contribution in [0, 0.1) is 11.3 Å². The third-order valence-electron chi connectivity index (χ3n) is 4.23. The molecule has 1 N–H and O–H groups in total. The average molecular weight is 237 g/mol. The molecule has 0 spiro atoms. The second-order valence-corrected chi connectivity index (χ2v) is 6.41. The number of aliphatic hydroxyl groups is 1. The van der Waals surface area contributed by atoms with E-state index in [9.17, 15) is 5.11 Å². The summed E-state index contributed by atoms with van der Waals surface area (Å²) < 4.78 is 1.69. The molecular formula is C13H23N3O. The normalized spacial score (nSPS) is 30.5. The van der Waals surface area contributed by atoms with Gasteiger partial charge in [0.2, 0.25) is 0 Å². The van der Waals surface area contributed by atoms with E-state index in [1.807, 2.05) is 7.05 Å². The van der Waals surface area contributed by atoms with Crippen LogP contribution in [0.2, 0.25) is 0 Å². The van der Waals surface area contributed by atoms with Crippen molar-refractivity contribution in [3.05, 3.63) is 11.9 Å². The minimum absolute atomic E-state index is 0.339. The van der Waals surface area contributed by atoms with Crippen molar-refractivity contribution >= 4 is 0 Å². The molecule has 0 atom stereocenters. The summed E-state index contributed by atoms with van der Waals surface area (Å²) in [6.07, 6.45) is 5.47. The van der Waals surface area contributed by atoms with Crippen LogP contribution in [-0.4, -0.2) is 20.1 Å². The molecule has 1 aromatic rings. The molecule has 2 rings (SSSR count). The first-order valence-electron chi connectivity index (χ1n) is 6.40. The highest BCUT2D eigenvalue weighted by atomic mass is 16.3. The maximum atomic E-state index is 10.7. The summed E-state index contributed by atoms with van der Waals surface area (Å²) in [5, 5.41) is 18.5. The molecule has 4 heteroatoms. The minimum atomic E-state index is -0.722. The molecule has 0 bridgehead atoms. The first-order chi connectivity index (χ1) is 7.83. The maximum absolute atomic E-state index is 10.7. The third-order valence-corrected chi connectivity index (χ3v) is 4.23. The first-order valence-corrected chi connectivity index (χ1v) is 6.40. The smallest absolute Gasteiger partial charge is 0.108 e. The molecule has 1 heterocycles. The molecule has 1 aliphatic carbocycles. The number of hydrogen-bond acceptors (Lipinski definition) is 3. The van der Waals surface area contributed by atoms with Gasteiger partial charge in [-0.15, -0.1) is 5.10 Å². The van der Waals surface area contributed by atoms with Gasteiger partial charge in [0, 0.05) is 7.05 Å². The molecule has 96 valence electrons. The van der Waals surface area contributed by atoms with Crippen LogP contribution in [-0.2, 0) is 12.6 Å². The van der Waals surface area contributed by atoms with Crippen molar-refractivity contribution in [2.75, 3.05) is 0 Å². The van der Waals surface area contributed by atoms with Gasteiger partial charge in [-0.25, -0.2) is 4.68 Å².